The Morgan fingerprint density at radius 1 is 1.38 bits per heavy atom. The van der Waals surface area contributed by atoms with Crippen LogP contribution >= 0.6 is 11.3 Å². The van der Waals surface area contributed by atoms with Gasteiger partial charge in [-0.3, -0.25) is 0 Å². The lowest BCUT2D eigenvalue weighted by Crippen LogP contribution is -2.21. The zero-order valence-corrected chi connectivity index (χ0v) is 13.0. The van der Waals surface area contributed by atoms with E-state index in [0.717, 1.165) is 22.6 Å². The predicted molar refractivity (Wildman–Crippen MR) is 81.1 cm³/mol. The maximum Gasteiger partial charge on any atom is 0.183 e. The third-order valence-electron chi connectivity index (χ3n) is 3.17. The summed E-state index contributed by atoms with van der Waals surface area (Å²) in [6.45, 7) is 6.74. The van der Waals surface area contributed by atoms with Crippen molar-refractivity contribution in [1.29, 1.82) is 0 Å². The largest absolute Gasteiger partial charge is 0.544 e. The SMILES string of the molecule is Cc1cccc(OCCNc2nc(C)c(C(=O)[O-])s2)c1C. The third-order valence-corrected chi connectivity index (χ3v) is 4.27. The molecule has 0 spiro atoms. The van der Waals surface area contributed by atoms with Gasteiger partial charge in [-0.1, -0.05) is 23.5 Å². The summed E-state index contributed by atoms with van der Waals surface area (Å²) in [4.78, 5) is 15.1. The molecular weight excluding hydrogens is 288 g/mol. The van der Waals surface area contributed by atoms with Gasteiger partial charge in [0, 0.05) is 0 Å². The lowest BCUT2D eigenvalue weighted by atomic mass is 10.1. The topological polar surface area (TPSA) is 74.3 Å². The van der Waals surface area contributed by atoms with Crippen molar-refractivity contribution in [3.63, 3.8) is 0 Å². The summed E-state index contributed by atoms with van der Waals surface area (Å²) in [5.41, 5.74) is 2.79. The number of aromatic nitrogens is 1. The molecule has 0 aliphatic carbocycles. The van der Waals surface area contributed by atoms with E-state index in [2.05, 4.69) is 10.3 Å². The first-order chi connectivity index (χ1) is 9.99. The molecule has 1 aromatic carbocycles. The number of carbonyl (C=O) groups is 1. The molecular formula is C15H17N2O3S-. The smallest absolute Gasteiger partial charge is 0.183 e. The minimum absolute atomic E-state index is 0.160. The van der Waals surface area contributed by atoms with Gasteiger partial charge in [-0.15, -0.1) is 0 Å². The molecule has 0 saturated heterocycles. The van der Waals surface area contributed by atoms with E-state index >= 15 is 0 Å². The van der Waals surface area contributed by atoms with Gasteiger partial charge in [-0.25, -0.2) is 4.98 Å². The summed E-state index contributed by atoms with van der Waals surface area (Å²) in [6, 6.07) is 5.94. The average Bonchev–Trinajstić information content (AvgIpc) is 2.80. The van der Waals surface area contributed by atoms with E-state index in [4.69, 9.17) is 4.74 Å². The Balaban J connectivity index is 1.86. The molecule has 1 heterocycles. The average molecular weight is 305 g/mol. The fraction of sp³-hybridized carbons (Fsp3) is 0.333. The molecule has 2 aromatic rings. The highest BCUT2D eigenvalue weighted by atomic mass is 32.1. The van der Waals surface area contributed by atoms with Crippen LogP contribution in [0.1, 0.15) is 26.5 Å². The number of anilines is 1. The minimum atomic E-state index is -1.19. The number of benzene rings is 1. The van der Waals surface area contributed by atoms with Crippen LogP contribution in [0.25, 0.3) is 0 Å². The second kappa shape index (κ2) is 6.58. The predicted octanol–water partition coefficient (Wildman–Crippen LogP) is 1.92. The van der Waals surface area contributed by atoms with E-state index in [1.165, 1.54) is 5.56 Å². The number of carbonyl (C=O) groups excluding carboxylic acids is 1. The van der Waals surface area contributed by atoms with Crippen LogP contribution in [0.2, 0.25) is 0 Å². The van der Waals surface area contributed by atoms with Crippen LogP contribution in [-0.2, 0) is 0 Å². The number of hydrogen-bond donors (Lipinski definition) is 1. The number of aromatic carboxylic acids is 1. The van der Waals surface area contributed by atoms with Crippen molar-refractivity contribution in [2.75, 3.05) is 18.5 Å². The van der Waals surface area contributed by atoms with Crippen LogP contribution in [-0.4, -0.2) is 24.1 Å². The summed E-state index contributed by atoms with van der Waals surface area (Å²) in [5.74, 6) is -0.327. The molecule has 21 heavy (non-hydrogen) atoms. The number of nitrogens with zero attached hydrogens (tertiary/aromatic N) is 1. The number of carboxylic acid groups (broad SMARTS) is 1. The molecule has 2 rings (SSSR count). The van der Waals surface area contributed by atoms with Crippen molar-refractivity contribution in [2.24, 2.45) is 0 Å². The third kappa shape index (κ3) is 3.72. The number of thiazole rings is 1. The van der Waals surface area contributed by atoms with Crippen LogP contribution < -0.4 is 15.2 Å². The Morgan fingerprint density at radius 2 is 2.14 bits per heavy atom. The maximum absolute atomic E-state index is 10.8. The summed E-state index contributed by atoms with van der Waals surface area (Å²) >= 11 is 1.08. The van der Waals surface area contributed by atoms with E-state index in [9.17, 15) is 9.90 Å². The fourth-order valence-electron chi connectivity index (χ4n) is 1.86. The van der Waals surface area contributed by atoms with E-state index in [-0.39, 0.29) is 4.88 Å². The molecule has 5 nitrogen and oxygen atoms in total. The summed E-state index contributed by atoms with van der Waals surface area (Å²) < 4.78 is 5.71. The molecule has 0 amide bonds. The van der Waals surface area contributed by atoms with E-state index in [0.29, 0.717) is 24.0 Å². The van der Waals surface area contributed by atoms with Gasteiger partial charge in [0.1, 0.15) is 12.4 Å². The first-order valence-corrected chi connectivity index (χ1v) is 7.42. The molecule has 6 heteroatoms. The minimum Gasteiger partial charge on any atom is -0.544 e. The van der Waals surface area contributed by atoms with E-state index < -0.39 is 5.97 Å². The first-order valence-electron chi connectivity index (χ1n) is 6.60. The van der Waals surface area contributed by atoms with Crippen molar-refractivity contribution in [3.8, 4) is 5.75 Å². The number of nitrogens with one attached hydrogen (secondary N) is 1. The van der Waals surface area contributed by atoms with Gasteiger partial charge < -0.3 is 20.0 Å². The van der Waals surface area contributed by atoms with Crippen molar-refractivity contribution < 1.29 is 14.6 Å². The van der Waals surface area contributed by atoms with Crippen molar-refractivity contribution in [2.45, 2.75) is 20.8 Å². The summed E-state index contributed by atoms with van der Waals surface area (Å²) in [7, 11) is 0. The number of hydrogen-bond acceptors (Lipinski definition) is 6. The Bertz CT molecular complexity index is 652. The summed E-state index contributed by atoms with van der Waals surface area (Å²) in [5, 5.41) is 14.4. The normalized spacial score (nSPS) is 10.4. The highest BCUT2D eigenvalue weighted by Crippen LogP contribution is 2.22. The van der Waals surface area contributed by atoms with Crippen LogP contribution in [0, 0.1) is 20.8 Å². The van der Waals surface area contributed by atoms with Crippen molar-refractivity contribution in [3.05, 3.63) is 39.9 Å². The van der Waals surface area contributed by atoms with Crippen molar-refractivity contribution in [1.82, 2.24) is 4.98 Å². The molecule has 0 fully saturated rings. The quantitative estimate of drug-likeness (QED) is 0.825. The molecule has 0 unspecified atom stereocenters. The van der Waals surface area contributed by atoms with Crippen LogP contribution in [0.15, 0.2) is 18.2 Å². The Morgan fingerprint density at radius 3 is 2.81 bits per heavy atom. The lowest BCUT2D eigenvalue weighted by molar-refractivity contribution is -0.254. The van der Waals surface area contributed by atoms with Gasteiger partial charge in [0.05, 0.1) is 23.1 Å². The molecule has 1 N–H and O–H groups in total. The molecule has 1 aromatic heterocycles. The van der Waals surface area contributed by atoms with Gasteiger partial charge in [-0.2, -0.15) is 0 Å². The number of rotatable bonds is 6. The highest BCUT2D eigenvalue weighted by Gasteiger charge is 2.08. The van der Waals surface area contributed by atoms with Gasteiger partial charge in [0.15, 0.2) is 5.13 Å². The van der Waals surface area contributed by atoms with Crippen LogP contribution in [0.3, 0.4) is 0 Å². The van der Waals surface area contributed by atoms with Gasteiger partial charge in [-0.05, 0) is 38.0 Å². The lowest BCUT2D eigenvalue weighted by Gasteiger charge is -2.10. The van der Waals surface area contributed by atoms with Crippen LogP contribution in [0.4, 0.5) is 5.13 Å². The monoisotopic (exact) mass is 305 g/mol. The second-order valence-electron chi connectivity index (χ2n) is 4.69. The van der Waals surface area contributed by atoms with Crippen LogP contribution in [0.5, 0.6) is 5.75 Å². The Hall–Kier alpha value is -2.08. The van der Waals surface area contributed by atoms with E-state index in [1.54, 1.807) is 6.92 Å². The van der Waals surface area contributed by atoms with Gasteiger partial charge in [0.25, 0.3) is 0 Å². The van der Waals surface area contributed by atoms with Crippen molar-refractivity contribution >= 4 is 22.4 Å². The Labute approximate surface area is 127 Å². The van der Waals surface area contributed by atoms with Gasteiger partial charge in [0.2, 0.25) is 0 Å². The highest BCUT2D eigenvalue weighted by molar-refractivity contribution is 7.17. The molecule has 0 bridgehead atoms. The maximum atomic E-state index is 10.8. The Kier molecular flexibility index (Phi) is 4.80. The zero-order chi connectivity index (χ0) is 15.4. The number of carboxylic acids is 1. The van der Waals surface area contributed by atoms with E-state index in [1.807, 2.05) is 32.0 Å². The molecule has 0 saturated carbocycles. The first kappa shape index (κ1) is 15.3. The molecule has 0 aliphatic rings. The number of ether oxygens (including phenoxy) is 1. The standard InChI is InChI=1S/C15H18N2O3S/c1-9-5-4-6-12(10(9)2)20-8-7-16-15-17-11(3)13(21-15)14(18)19/h4-6H,7-8H2,1-3H3,(H,16,17)(H,18,19)/p-1. The second-order valence-corrected chi connectivity index (χ2v) is 5.69. The summed E-state index contributed by atoms with van der Waals surface area (Å²) in [6.07, 6.45) is 0. The fourth-order valence-corrected chi connectivity index (χ4v) is 2.69. The zero-order valence-electron chi connectivity index (χ0n) is 12.2. The number of aryl methyl sites for hydroxylation is 2. The molecule has 0 aliphatic heterocycles. The molecule has 0 radical (unpaired) electrons. The molecule has 112 valence electrons. The van der Waals surface area contributed by atoms with Gasteiger partial charge >= 0.3 is 0 Å². The molecule has 0 atom stereocenters.